The second-order valence-electron chi connectivity index (χ2n) is 4.50. The number of nitrogens with zero attached hydrogens (tertiary/aromatic N) is 4. The summed E-state index contributed by atoms with van der Waals surface area (Å²) in [6.45, 7) is 1.87. The van der Waals surface area contributed by atoms with E-state index in [1.807, 2.05) is 31.2 Å². The monoisotopic (exact) mass is 314 g/mol. The van der Waals surface area contributed by atoms with Crippen LogP contribution in [0.4, 0.5) is 17.3 Å². The largest absolute Gasteiger partial charge is 0.399 e. The first-order valence-electron chi connectivity index (χ1n) is 6.78. The smallest absolute Gasteiger partial charge is 0.144 e. The molecule has 0 aliphatic carbocycles. The van der Waals surface area contributed by atoms with E-state index < -0.39 is 0 Å². The van der Waals surface area contributed by atoms with Gasteiger partial charge in [0.25, 0.3) is 0 Å². The van der Waals surface area contributed by atoms with Crippen molar-refractivity contribution in [1.29, 1.82) is 0 Å². The predicted octanol–water partition coefficient (Wildman–Crippen LogP) is 2.15. The Kier molecular flexibility index (Phi) is 5.45. The lowest BCUT2D eigenvalue weighted by Crippen LogP contribution is -2.05. The standard InChI is InChI=1S/C15H18N6O2/c1-10(21-23-3)11-4-6-12(7-5-11)20-15-13(8-19-22-2)14(16)17-9-18-15/h4-9H,1-3H3,(H3,16,17,18,20). The number of nitrogens with two attached hydrogens (primary N) is 1. The van der Waals surface area contributed by atoms with E-state index in [9.17, 15) is 0 Å². The van der Waals surface area contributed by atoms with Gasteiger partial charge in [-0.2, -0.15) is 0 Å². The first-order chi connectivity index (χ1) is 11.2. The fourth-order valence-electron chi connectivity index (χ4n) is 1.86. The van der Waals surface area contributed by atoms with E-state index in [0.29, 0.717) is 17.2 Å². The van der Waals surface area contributed by atoms with E-state index in [1.54, 1.807) is 0 Å². The van der Waals surface area contributed by atoms with Crippen molar-refractivity contribution in [2.75, 3.05) is 25.3 Å². The van der Waals surface area contributed by atoms with E-state index >= 15 is 0 Å². The Hall–Kier alpha value is -3.16. The number of hydrogen-bond donors (Lipinski definition) is 2. The molecule has 8 heteroatoms. The van der Waals surface area contributed by atoms with Gasteiger partial charge in [-0.25, -0.2) is 9.97 Å². The van der Waals surface area contributed by atoms with Gasteiger partial charge < -0.3 is 20.7 Å². The van der Waals surface area contributed by atoms with Gasteiger partial charge in [0.05, 0.1) is 17.5 Å². The van der Waals surface area contributed by atoms with Gasteiger partial charge in [0.2, 0.25) is 0 Å². The zero-order chi connectivity index (χ0) is 16.7. The third-order valence-corrected chi connectivity index (χ3v) is 3.00. The van der Waals surface area contributed by atoms with Gasteiger partial charge in [0, 0.05) is 5.69 Å². The first kappa shape index (κ1) is 16.2. The van der Waals surface area contributed by atoms with Crippen LogP contribution in [0.25, 0.3) is 0 Å². The number of aromatic nitrogens is 2. The molecule has 23 heavy (non-hydrogen) atoms. The third kappa shape index (κ3) is 4.16. The normalized spacial score (nSPS) is 11.5. The highest BCUT2D eigenvalue weighted by molar-refractivity contribution is 5.98. The van der Waals surface area contributed by atoms with Crippen molar-refractivity contribution in [3.8, 4) is 0 Å². The number of hydrogen-bond acceptors (Lipinski definition) is 8. The van der Waals surface area contributed by atoms with Crippen LogP contribution in [0.2, 0.25) is 0 Å². The summed E-state index contributed by atoms with van der Waals surface area (Å²) in [4.78, 5) is 17.6. The van der Waals surface area contributed by atoms with Crippen LogP contribution in [0.5, 0.6) is 0 Å². The molecule has 0 atom stereocenters. The minimum Gasteiger partial charge on any atom is -0.399 e. The molecule has 3 N–H and O–H groups in total. The average molecular weight is 314 g/mol. The van der Waals surface area contributed by atoms with Crippen molar-refractivity contribution in [3.05, 3.63) is 41.7 Å². The van der Waals surface area contributed by atoms with Crippen LogP contribution in [0, 0.1) is 0 Å². The first-order valence-corrected chi connectivity index (χ1v) is 6.78. The van der Waals surface area contributed by atoms with Gasteiger partial charge in [-0.05, 0) is 24.6 Å². The predicted molar refractivity (Wildman–Crippen MR) is 90.0 cm³/mol. The Morgan fingerprint density at radius 3 is 2.57 bits per heavy atom. The van der Waals surface area contributed by atoms with Gasteiger partial charge in [-0.1, -0.05) is 22.4 Å². The lowest BCUT2D eigenvalue weighted by atomic mass is 10.1. The molecule has 1 aromatic heterocycles. The number of anilines is 3. The molecule has 1 aromatic carbocycles. The molecule has 120 valence electrons. The number of nitrogens with one attached hydrogen (secondary N) is 1. The van der Waals surface area contributed by atoms with Gasteiger partial charge in [0.15, 0.2) is 0 Å². The molecule has 8 nitrogen and oxygen atoms in total. The van der Waals surface area contributed by atoms with Crippen LogP contribution in [-0.4, -0.2) is 36.1 Å². The number of oxime groups is 2. The van der Waals surface area contributed by atoms with Crippen LogP contribution in [0.1, 0.15) is 18.1 Å². The van der Waals surface area contributed by atoms with Gasteiger partial charge in [0.1, 0.15) is 32.2 Å². The molecule has 0 fully saturated rings. The summed E-state index contributed by atoms with van der Waals surface area (Å²) in [5.74, 6) is 0.844. The van der Waals surface area contributed by atoms with E-state index in [1.165, 1.54) is 26.8 Å². The third-order valence-electron chi connectivity index (χ3n) is 3.00. The second-order valence-corrected chi connectivity index (χ2v) is 4.50. The molecule has 0 radical (unpaired) electrons. The molecule has 0 bridgehead atoms. The van der Waals surface area contributed by atoms with Crippen LogP contribution >= 0.6 is 0 Å². The zero-order valence-corrected chi connectivity index (χ0v) is 13.1. The fraction of sp³-hybridized carbons (Fsp3) is 0.200. The maximum absolute atomic E-state index is 5.85. The molecular weight excluding hydrogens is 296 g/mol. The Balaban J connectivity index is 2.24. The number of rotatable bonds is 6. The minimum atomic E-state index is 0.308. The molecule has 0 unspecified atom stereocenters. The lowest BCUT2D eigenvalue weighted by Gasteiger charge is -2.10. The second kappa shape index (κ2) is 7.74. The van der Waals surface area contributed by atoms with E-state index in [-0.39, 0.29) is 0 Å². The number of nitrogen functional groups attached to an aromatic ring is 1. The highest BCUT2D eigenvalue weighted by Crippen LogP contribution is 2.20. The summed E-state index contributed by atoms with van der Waals surface area (Å²) in [6.07, 6.45) is 2.84. The van der Waals surface area contributed by atoms with Crippen molar-refractivity contribution >= 4 is 29.2 Å². The molecule has 0 saturated carbocycles. The summed E-state index contributed by atoms with van der Waals surface area (Å²) in [7, 11) is 2.97. The quantitative estimate of drug-likeness (QED) is 0.625. The van der Waals surface area contributed by atoms with Gasteiger partial charge in [-0.15, -0.1) is 0 Å². The van der Waals surface area contributed by atoms with Crippen LogP contribution in [-0.2, 0) is 9.68 Å². The maximum atomic E-state index is 5.85. The summed E-state index contributed by atoms with van der Waals surface area (Å²) in [5, 5.41) is 10.8. The van der Waals surface area contributed by atoms with Crippen LogP contribution in [0.3, 0.4) is 0 Å². The molecule has 0 saturated heterocycles. The van der Waals surface area contributed by atoms with Crippen molar-refractivity contribution in [1.82, 2.24) is 9.97 Å². The van der Waals surface area contributed by atoms with E-state index in [4.69, 9.17) is 10.6 Å². The highest BCUT2D eigenvalue weighted by atomic mass is 16.6. The van der Waals surface area contributed by atoms with Crippen molar-refractivity contribution in [2.24, 2.45) is 10.3 Å². The van der Waals surface area contributed by atoms with E-state index in [0.717, 1.165) is 17.0 Å². The fourth-order valence-corrected chi connectivity index (χ4v) is 1.86. The molecule has 0 spiro atoms. The Morgan fingerprint density at radius 2 is 1.91 bits per heavy atom. The summed E-state index contributed by atoms with van der Waals surface area (Å²) < 4.78 is 0. The molecular formula is C15H18N6O2. The van der Waals surface area contributed by atoms with Crippen molar-refractivity contribution in [3.63, 3.8) is 0 Å². The SMILES string of the molecule is CON=Cc1c(N)ncnc1Nc1ccc(C(C)=NOC)cc1. The van der Waals surface area contributed by atoms with Gasteiger partial charge >= 0.3 is 0 Å². The maximum Gasteiger partial charge on any atom is 0.144 e. The molecule has 0 aliphatic heterocycles. The zero-order valence-electron chi connectivity index (χ0n) is 13.1. The van der Waals surface area contributed by atoms with E-state index in [2.05, 4.69) is 30.4 Å². The Bertz CT molecular complexity index is 712. The van der Waals surface area contributed by atoms with Crippen molar-refractivity contribution in [2.45, 2.75) is 6.92 Å². The van der Waals surface area contributed by atoms with Crippen molar-refractivity contribution < 1.29 is 9.68 Å². The lowest BCUT2D eigenvalue weighted by molar-refractivity contribution is 0.213. The summed E-state index contributed by atoms with van der Waals surface area (Å²) in [6, 6.07) is 7.65. The average Bonchev–Trinajstić information content (AvgIpc) is 2.55. The van der Waals surface area contributed by atoms with Crippen LogP contribution < -0.4 is 11.1 Å². The topological polar surface area (TPSA) is 107 Å². The minimum absolute atomic E-state index is 0.308. The molecule has 0 aliphatic rings. The Morgan fingerprint density at radius 1 is 1.17 bits per heavy atom. The highest BCUT2D eigenvalue weighted by Gasteiger charge is 2.08. The van der Waals surface area contributed by atoms with Gasteiger partial charge in [-0.3, -0.25) is 0 Å². The van der Waals surface area contributed by atoms with Crippen LogP contribution in [0.15, 0.2) is 40.9 Å². The summed E-state index contributed by atoms with van der Waals surface area (Å²) >= 11 is 0. The molecule has 2 rings (SSSR count). The molecule has 1 heterocycles. The molecule has 0 amide bonds. The summed E-state index contributed by atoms with van der Waals surface area (Å²) in [5.41, 5.74) is 8.98. The Labute approximate surface area is 134 Å². The number of benzene rings is 1. The molecule has 2 aromatic rings.